The zero-order valence-corrected chi connectivity index (χ0v) is 17.3. The van der Waals surface area contributed by atoms with Gasteiger partial charge in [0.05, 0.1) is 6.54 Å². The molecule has 0 unspecified atom stereocenters. The molecule has 6 heteroatoms. The number of ether oxygens (including phenoxy) is 1. The van der Waals surface area contributed by atoms with E-state index in [1.54, 1.807) is 0 Å². The molecular weight excluding hydrogens is 364 g/mol. The van der Waals surface area contributed by atoms with Gasteiger partial charge >= 0.3 is 0 Å². The van der Waals surface area contributed by atoms with Gasteiger partial charge in [-0.1, -0.05) is 12.1 Å². The summed E-state index contributed by atoms with van der Waals surface area (Å²) in [6, 6.07) is 11.1. The molecule has 3 aromatic rings. The van der Waals surface area contributed by atoms with E-state index in [1.165, 1.54) is 11.1 Å². The molecule has 0 radical (unpaired) electrons. The zero-order chi connectivity index (χ0) is 20.4. The van der Waals surface area contributed by atoms with Crippen LogP contribution < -0.4 is 5.32 Å². The van der Waals surface area contributed by atoms with Crippen LogP contribution in [0.25, 0.3) is 11.2 Å². The number of pyridine rings is 1. The normalized spacial score (nSPS) is 19.3. The first-order valence-corrected chi connectivity index (χ1v) is 10.3. The minimum absolute atomic E-state index is 0.0852. The topological polar surface area (TPSA) is 69.0 Å². The van der Waals surface area contributed by atoms with Gasteiger partial charge in [0, 0.05) is 17.4 Å². The van der Waals surface area contributed by atoms with Crippen molar-refractivity contribution >= 4 is 23.3 Å². The van der Waals surface area contributed by atoms with Gasteiger partial charge in [-0.2, -0.15) is 0 Å². The third kappa shape index (κ3) is 4.26. The van der Waals surface area contributed by atoms with Crippen LogP contribution >= 0.6 is 0 Å². The molecule has 2 aromatic heterocycles. The number of carbonyl (C=O) groups is 1. The Morgan fingerprint density at radius 3 is 2.52 bits per heavy atom. The van der Waals surface area contributed by atoms with Gasteiger partial charge in [0.2, 0.25) is 0 Å². The minimum Gasteiger partial charge on any atom is -0.465 e. The molecule has 2 heterocycles. The highest BCUT2D eigenvalue weighted by molar-refractivity contribution is 5.76. The van der Waals surface area contributed by atoms with E-state index in [1.807, 2.05) is 13.8 Å². The summed E-state index contributed by atoms with van der Waals surface area (Å²) in [6.45, 7) is 7.48. The number of hydrogen-bond donors (Lipinski definition) is 1. The SMILES string of the molecule is Cc1cc(C)c2nc(C)n(Cc3ccc(NC4CCC(OC=O)CC4)cc3)c2n1. The van der Waals surface area contributed by atoms with Crippen molar-refractivity contribution in [2.45, 2.75) is 65.1 Å². The lowest BCUT2D eigenvalue weighted by molar-refractivity contribution is -0.134. The van der Waals surface area contributed by atoms with Crippen molar-refractivity contribution in [3.05, 3.63) is 53.0 Å². The van der Waals surface area contributed by atoms with Gasteiger partial charge in [-0.25, -0.2) is 9.97 Å². The van der Waals surface area contributed by atoms with Gasteiger partial charge < -0.3 is 14.6 Å². The molecule has 1 saturated carbocycles. The van der Waals surface area contributed by atoms with Crippen LogP contribution in [0.2, 0.25) is 0 Å². The molecule has 0 aliphatic heterocycles. The summed E-state index contributed by atoms with van der Waals surface area (Å²) < 4.78 is 7.27. The number of imidazole rings is 1. The van der Waals surface area contributed by atoms with E-state index in [2.05, 4.69) is 47.1 Å². The Balaban J connectivity index is 1.43. The summed E-state index contributed by atoms with van der Waals surface area (Å²) in [5, 5.41) is 3.61. The smallest absolute Gasteiger partial charge is 0.293 e. The van der Waals surface area contributed by atoms with Crippen LogP contribution in [0.3, 0.4) is 0 Å². The Hall–Kier alpha value is -2.89. The van der Waals surface area contributed by atoms with E-state index in [-0.39, 0.29) is 6.10 Å². The molecule has 0 atom stereocenters. The fourth-order valence-corrected chi connectivity index (χ4v) is 4.25. The Bertz CT molecular complexity index is 1000. The maximum Gasteiger partial charge on any atom is 0.293 e. The van der Waals surface area contributed by atoms with Gasteiger partial charge in [-0.15, -0.1) is 0 Å². The molecular formula is C23H28N4O2. The van der Waals surface area contributed by atoms with Gasteiger partial charge in [0.25, 0.3) is 6.47 Å². The molecule has 0 amide bonds. The van der Waals surface area contributed by atoms with Crippen LogP contribution in [0.4, 0.5) is 5.69 Å². The van der Waals surface area contributed by atoms with E-state index in [0.29, 0.717) is 12.5 Å². The predicted molar refractivity (Wildman–Crippen MR) is 114 cm³/mol. The minimum atomic E-state index is 0.0852. The first kappa shape index (κ1) is 19.4. The lowest BCUT2D eigenvalue weighted by Gasteiger charge is -2.28. The van der Waals surface area contributed by atoms with Crippen molar-refractivity contribution in [1.29, 1.82) is 0 Å². The average molecular weight is 393 g/mol. The second-order valence-corrected chi connectivity index (χ2v) is 8.05. The average Bonchev–Trinajstić information content (AvgIpc) is 3.01. The highest BCUT2D eigenvalue weighted by atomic mass is 16.5. The maximum absolute atomic E-state index is 10.5. The third-order valence-corrected chi connectivity index (χ3v) is 5.80. The largest absolute Gasteiger partial charge is 0.465 e. The van der Waals surface area contributed by atoms with Crippen molar-refractivity contribution in [3.63, 3.8) is 0 Å². The van der Waals surface area contributed by atoms with Crippen LogP contribution in [-0.4, -0.2) is 33.2 Å². The molecule has 0 spiro atoms. The molecule has 152 valence electrons. The van der Waals surface area contributed by atoms with E-state index in [9.17, 15) is 4.79 Å². The number of anilines is 1. The van der Waals surface area contributed by atoms with Gasteiger partial charge in [-0.3, -0.25) is 4.79 Å². The first-order valence-electron chi connectivity index (χ1n) is 10.3. The molecule has 1 aromatic carbocycles. The number of benzene rings is 1. The Morgan fingerprint density at radius 1 is 1.10 bits per heavy atom. The Labute approximate surface area is 171 Å². The second kappa shape index (κ2) is 8.23. The van der Waals surface area contributed by atoms with Crippen LogP contribution in [0.15, 0.2) is 30.3 Å². The van der Waals surface area contributed by atoms with Gasteiger partial charge in [0.1, 0.15) is 17.4 Å². The summed E-state index contributed by atoms with van der Waals surface area (Å²) in [5.41, 5.74) is 6.48. The van der Waals surface area contributed by atoms with Gasteiger partial charge in [-0.05, 0) is 75.8 Å². The quantitative estimate of drug-likeness (QED) is 0.634. The first-order chi connectivity index (χ1) is 14.0. The highest BCUT2D eigenvalue weighted by Gasteiger charge is 2.21. The summed E-state index contributed by atoms with van der Waals surface area (Å²) >= 11 is 0. The lowest BCUT2D eigenvalue weighted by atomic mass is 9.93. The zero-order valence-electron chi connectivity index (χ0n) is 17.3. The molecule has 6 nitrogen and oxygen atoms in total. The van der Waals surface area contributed by atoms with E-state index in [0.717, 1.165) is 60.6 Å². The molecule has 1 aliphatic carbocycles. The molecule has 0 bridgehead atoms. The van der Waals surface area contributed by atoms with Crippen LogP contribution in [0, 0.1) is 20.8 Å². The van der Waals surface area contributed by atoms with Crippen LogP contribution in [-0.2, 0) is 16.1 Å². The number of aromatic nitrogens is 3. The van der Waals surface area contributed by atoms with Crippen LogP contribution in [0.1, 0.15) is 48.3 Å². The van der Waals surface area contributed by atoms with Crippen molar-refractivity contribution in [3.8, 4) is 0 Å². The molecule has 1 N–H and O–H groups in total. The second-order valence-electron chi connectivity index (χ2n) is 8.05. The van der Waals surface area contributed by atoms with Crippen molar-refractivity contribution in [1.82, 2.24) is 14.5 Å². The molecule has 1 fully saturated rings. The molecule has 29 heavy (non-hydrogen) atoms. The summed E-state index contributed by atoms with van der Waals surface area (Å²) in [4.78, 5) is 19.9. The highest BCUT2D eigenvalue weighted by Crippen LogP contribution is 2.25. The number of nitrogens with zero attached hydrogens (tertiary/aromatic N) is 3. The fraction of sp³-hybridized carbons (Fsp3) is 0.435. The molecule has 1 aliphatic rings. The van der Waals surface area contributed by atoms with E-state index in [4.69, 9.17) is 14.7 Å². The number of hydrogen-bond acceptors (Lipinski definition) is 5. The van der Waals surface area contributed by atoms with Crippen LogP contribution in [0.5, 0.6) is 0 Å². The Kier molecular flexibility index (Phi) is 5.51. The van der Waals surface area contributed by atoms with E-state index < -0.39 is 0 Å². The van der Waals surface area contributed by atoms with Crippen molar-refractivity contribution in [2.24, 2.45) is 0 Å². The molecule has 4 rings (SSSR count). The van der Waals surface area contributed by atoms with Crippen molar-refractivity contribution in [2.75, 3.05) is 5.32 Å². The number of aryl methyl sites for hydroxylation is 3. The summed E-state index contributed by atoms with van der Waals surface area (Å²) in [5.74, 6) is 0.984. The maximum atomic E-state index is 10.5. The number of carbonyl (C=O) groups excluding carboxylic acids is 1. The standard InChI is InChI=1S/C23H28N4O2/c1-15-12-16(2)24-23-22(15)25-17(3)27(23)13-18-4-6-19(7-5-18)26-20-8-10-21(11-9-20)29-14-28/h4-7,12,14,20-21,26H,8-11,13H2,1-3H3. The fourth-order valence-electron chi connectivity index (χ4n) is 4.25. The van der Waals surface area contributed by atoms with E-state index >= 15 is 0 Å². The summed E-state index contributed by atoms with van der Waals surface area (Å²) in [7, 11) is 0. The monoisotopic (exact) mass is 392 g/mol. The number of nitrogens with one attached hydrogen (secondary N) is 1. The van der Waals surface area contributed by atoms with Crippen molar-refractivity contribution < 1.29 is 9.53 Å². The summed E-state index contributed by atoms with van der Waals surface area (Å²) in [6.07, 6.45) is 3.97. The number of rotatable bonds is 6. The predicted octanol–water partition coefficient (Wildman–Crippen LogP) is 4.30. The molecule has 0 saturated heterocycles. The van der Waals surface area contributed by atoms with Gasteiger partial charge in [0.15, 0.2) is 5.65 Å². The Morgan fingerprint density at radius 2 is 1.83 bits per heavy atom. The lowest BCUT2D eigenvalue weighted by Crippen LogP contribution is -2.29. The third-order valence-electron chi connectivity index (χ3n) is 5.80. The number of fused-ring (bicyclic) bond motifs is 1.